The molecule has 2 saturated heterocycles. The Labute approximate surface area is 288 Å². The maximum atomic E-state index is 12.9. The fourth-order valence-corrected chi connectivity index (χ4v) is 9.71. The molecule has 276 valence electrons. The normalized spacial score (nSPS) is 26.0. The number of aryl methyl sites for hydroxylation is 1. The van der Waals surface area contributed by atoms with Crippen LogP contribution < -0.4 is 35.9 Å². The molecule has 2 N–H and O–H groups in total. The number of hydrogen-bond donors (Lipinski definition) is 2. The summed E-state index contributed by atoms with van der Waals surface area (Å²) in [5, 5.41) is 1.70. The second kappa shape index (κ2) is 15.5. The molecule has 20 nitrogen and oxygen atoms in total. The Morgan fingerprint density at radius 2 is 1.47 bits per heavy atom. The van der Waals surface area contributed by atoms with E-state index in [2.05, 4.69) is 34.3 Å². The summed E-state index contributed by atoms with van der Waals surface area (Å²) in [5.41, 5.74) is -0.461. The lowest BCUT2D eigenvalue weighted by atomic mass is 10.1. The van der Waals surface area contributed by atoms with Crippen molar-refractivity contribution in [1.82, 2.24) is 9.55 Å². The number of ether oxygens (including phenoxy) is 3. The van der Waals surface area contributed by atoms with Gasteiger partial charge in [0.15, 0.2) is 12.5 Å². The van der Waals surface area contributed by atoms with Crippen LogP contribution in [0, 0.1) is 18.8 Å². The molecule has 2 aliphatic rings. The van der Waals surface area contributed by atoms with Crippen molar-refractivity contribution in [3.63, 3.8) is 0 Å². The molecule has 9 atom stereocenters. The van der Waals surface area contributed by atoms with Crippen LogP contribution in [0.25, 0.3) is 0 Å². The molecular formula is C27H27N3O17P4-4. The van der Waals surface area contributed by atoms with E-state index in [0.717, 1.165) is 16.3 Å². The van der Waals surface area contributed by atoms with Gasteiger partial charge in [-0.15, -0.1) is 0 Å². The third kappa shape index (κ3) is 10.5. The lowest BCUT2D eigenvalue weighted by molar-refractivity contribution is -0.251. The van der Waals surface area contributed by atoms with Gasteiger partial charge in [0.25, 0.3) is 29.0 Å². The summed E-state index contributed by atoms with van der Waals surface area (Å²) in [6, 6.07) is 13.8. The molecule has 0 bridgehead atoms. The zero-order valence-electron chi connectivity index (χ0n) is 26.3. The number of nitrogens with zero attached hydrogens (tertiary/aromatic N) is 1. The van der Waals surface area contributed by atoms with E-state index in [4.69, 9.17) is 14.2 Å². The van der Waals surface area contributed by atoms with Gasteiger partial charge in [-0.3, -0.25) is 36.9 Å². The maximum Gasteiger partial charge on any atom is 0.330 e. The summed E-state index contributed by atoms with van der Waals surface area (Å²) in [6.45, 7) is 2.56. The SMILES string of the molecule is CCC1OC2[C@@H](COP(=O)([O-])OP(=O)([O-])OP(=O)([O-])OP(=O)([O-])Nc3ccccc3)O[C@@H](n3cc(C#Cc4ccc(C)cc4)c(=O)[nH]c3=O)[C@H]2O1. The van der Waals surface area contributed by atoms with Crippen molar-refractivity contribution in [1.29, 1.82) is 0 Å². The molecule has 0 aliphatic carbocycles. The predicted molar refractivity (Wildman–Crippen MR) is 166 cm³/mol. The fourth-order valence-electron chi connectivity index (χ4n) is 4.78. The monoisotopic (exact) mass is 789 g/mol. The van der Waals surface area contributed by atoms with Gasteiger partial charge in [0.1, 0.15) is 23.9 Å². The minimum atomic E-state index is -6.44. The van der Waals surface area contributed by atoms with Crippen molar-refractivity contribution in [3.05, 3.63) is 98.3 Å². The number of hydrogen-bond acceptors (Lipinski definition) is 17. The Morgan fingerprint density at radius 1 is 0.843 bits per heavy atom. The van der Waals surface area contributed by atoms with Crippen LogP contribution in [0.1, 0.15) is 36.3 Å². The average molecular weight is 789 g/mol. The minimum absolute atomic E-state index is 0.131. The number of aromatic amines is 1. The van der Waals surface area contributed by atoms with E-state index in [0.29, 0.717) is 12.0 Å². The van der Waals surface area contributed by atoms with E-state index in [1.807, 2.05) is 19.1 Å². The van der Waals surface area contributed by atoms with Gasteiger partial charge in [0, 0.05) is 17.4 Å². The Morgan fingerprint density at radius 3 is 2.14 bits per heavy atom. The zero-order valence-corrected chi connectivity index (χ0v) is 29.8. The van der Waals surface area contributed by atoms with Crippen LogP contribution in [-0.4, -0.2) is 40.8 Å². The van der Waals surface area contributed by atoms with Crippen LogP contribution in [0.5, 0.6) is 0 Å². The van der Waals surface area contributed by atoms with E-state index in [1.165, 1.54) is 30.3 Å². The van der Waals surface area contributed by atoms with E-state index in [-0.39, 0.29) is 11.3 Å². The van der Waals surface area contributed by atoms with Crippen molar-refractivity contribution in [2.75, 3.05) is 11.7 Å². The van der Waals surface area contributed by atoms with Crippen molar-refractivity contribution >= 4 is 36.9 Å². The number of H-pyrrole nitrogens is 1. The Hall–Kier alpha value is -3.04. The highest BCUT2D eigenvalue weighted by Gasteiger charge is 2.53. The van der Waals surface area contributed by atoms with Gasteiger partial charge in [-0.05, 0) is 37.6 Å². The summed E-state index contributed by atoms with van der Waals surface area (Å²) < 4.78 is 82.8. The summed E-state index contributed by atoms with van der Waals surface area (Å²) >= 11 is 0. The van der Waals surface area contributed by atoms with Gasteiger partial charge in [-0.1, -0.05) is 54.7 Å². The van der Waals surface area contributed by atoms with Crippen LogP contribution in [0.3, 0.4) is 0 Å². The molecule has 5 rings (SSSR count). The number of nitrogens with one attached hydrogen (secondary N) is 2. The number of para-hydroxylation sites is 1. The second-order valence-electron chi connectivity index (χ2n) is 10.8. The largest absolute Gasteiger partial charge is 0.761 e. The van der Waals surface area contributed by atoms with Crippen molar-refractivity contribution in [2.24, 2.45) is 0 Å². The van der Waals surface area contributed by atoms with Crippen molar-refractivity contribution in [2.45, 2.75) is 51.1 Å². The molecule has 6 unspecified atom stereocenters. The van der Waals surface area contributed by atoms with Crippen LogP contribution in [0.2, 0.25) is 0 Å². The fraction of sp³-hybridized carbons (Fsp3) is 0.333. The summed E-state index contributed by atoms with van der Waals surface area (Å²) in [5.74, 6) is 5.49. The predicted octanol–water partition coefficient (Wildman–Crippen LogP) is 0.714. The number of benzene rings is 2. The highest BCUT2D eigenvalue weighted by molar-refractivity contribution is 7.69. The standard InChI is InChI=1S/C27H31N3O17P4/c1-3-22-43-23-21(16-41-49(35,36)46-51(39,40)47-50(37,38)45-48(33,34)29-20-7-5-4-6-8-20)42-26(24(23)44-22)30-15-19(25(31)28-27(30)32)14-13-18-11-9-17(2)10-12-18/h4-12,15,21-24,26H,3,16H2,1-2H3,(H,35,36)(H,37,38)(H,39,40)(H,28,31,32)(H2,29,33,34)/p-4/t21-,22?,23?,24+,26-/m1/s1. The third-order valence-corrected chi connectivity index (χ3v) is 12.8. The molecule has 2 aliphatic heterocycles. The van der Waals surface area contributed by atoms with Crippen molar-refractivity contribution in [3.8, 4) is 11.8 Å². The van der Waals surface area contributed by atoms with E-state index < -0.39 is 79.9 Å². The van der Waals surface area contributed by atoms with Gasteiger partial charge in [0.2, 0.25) is 7.75 Å². The highest BCUT2D eigenvalue weighted by Crippen LogP contribution is 2.66. The van der Waals surface area contributed by atoms with Crippen LogP contribution in [0.15, 0.2) is 70.4 Å². The van der Waals surface area contributed by atoms with E-state index >= 15 is 0 Å². The highest BCUT2D eigenvalue weighted by atomic mass is 31.3. The van der Waals surface area contributed by atoms with E-state index in [1.54, 1.807) is 24.1 Å². The zero-order chi connectivity index (χ0) is 37.2. The molecule has 3 heterocycles. The quantitative estimate of drug-likeness (QED) is 0.178. The number of rotatable bonds is 13. The summed E-state index contributed by atoms with van der Waals surface area (Å²) in [7, 11) is -24.4. The first-order valence-corrected chi connectivity index (χ1v) is 20.5. The van der Waals surface area contributed by atoms with Gasteiger partial charge in [-0.2, -0.15) is 0 Å². The molecule has 51 heavy (non-hydrogen) atoms. The van der Waals surface area contributed by atoms with E-state index in [9.17, 15) is 47.4 Å². The summed E-state index contributed by atoms with van der Waals surface area (Å²) in [6.07, 6.45) is -4.37. The van der Waals surface area contributed by atoms with Gasteiger partial charge < -0.3 is 43.4 Å². The molecular weight excluding hydrogens is 762 g/mol. The smallest absolute Gasteiger partial charge is 0.330 e. The molecule has 0 saturated carbocycles. The van der Waals surface area contributed by atoms with Crippen molar-refractivity contribution < 1.29 is 69.5 Å². The Balaban J connectivity index is 1.27. The molecule has 24 heteroatoms. The molecule has 0 radical (unpaired) electrons. The molecule has 0 amide bonds. The minimum Gasteiger partial charge on any atom is -0.761 e. The number of phosphoric ester groups is 1. The molecule has 3 aromatic rings. The maximum absolute atomic E-state index is 12.9. The number of aromatic nitrogens is 2. The number of anilines is 1. The Bertz CT molecular complexity index is 2120. The first kappa shape index (κ1) is 39.2. The third-order valence-electron chi connectivity index (χ3n) is 6.92. The summed E-state index contributed by atoms with van der Waals surface area (Å²) in [4.78, 5) is 76.2. The van der Waals surface area contributed by atoms with Crippen LogP contribution in [0.4, 0.5) is 5.69 Å². The van der Waals surface area contributed by atoms with Gasteiger partial charge >= 0.3 is 5.69 Å². The van der Waals surface area contributed by atoms with Gasteiger partial charge in [0.05, 0.1) is 6.61 Å². The average Bonchev–Trinajstić information content (AvgIpc) is 3.58. The number of phosphoric acid groups is 3. The van der Waals surface area contributed by atoms with Gasteiger partial charge in [-0.25, -0.2) is 13.4 Å². The first-order valence-electron chi connectivity index (χ1n) is 14.6. The molecule has 1 aromatic heterocycles. The van der Waals surface area contributed by atoms with Crippen LogP contribution >= 0.6 is 31.2 Å². The Kier molecular flexibility index (Phi) is 11.9. The lowest BCUT2D eigenvalue weighted by Gasteiger charge is -2.37. The number of fused-ring (bicyclic) bond motifs is 1. The second-order valence-corrected chi connectivity index (χ2v) is 16.9. The molecule has 2 aromatic carbocycles. The first-order chi connectivity index (χ1) is 23.8. The lowest BCUT2D eigenvalue weighted by Crippen LogP contribution is -2.38. The molecule has 0 spiro atoms. The molecule has 2 fully saturated rings. The van der Waals surface area contributed by atoms with Crippen LogP contribution in [-0.2, 0) is 49.9 Å². The topological polar surface area (TPSA) is 292 Å².